The Bertz CT molecular complexity index is 3920. The monoisotopic (exact) mass is 908 g/mol. The van der Waals surface area contributed by atoms with Gasteiger partial charge in [-0.15, -0.1) is 0 Å². The van der Waals surface area contributed by atoms with E-state index < -0.39 is 11.7 Å². The molecule has 0 saturated heterocycles. The van der Waals surface area contributed by atoms with Gasteiger partial charge in [-0.1, -0.05) is 140 Å². The molecule has 0 spiro atoms. The summed E-state index contributed by atoms with van der Waals surface area (Å²) < 4.78 is 51.1. The Balaban J connectivity index is 1.20. The molecule has 12 aromatic rings. The molecule has 0 radical (unpaired) electrons. The van der Waals surface area contributed by atoms with Crippen molar-refractivity contribution in [1.29, 1.82) is 10.5 Å². The Labute approximate surface area is 399 Å². The van der Waals surface area contributed by atoms with Crippen LogP contribution in [-0.2, 0) is 6.18 Å². The molecule has 0 aliphatic carbocycles. The number of pyridine rings is 2. The van der Waals surface area contributed by atoms with Crippen LogP contribution in [0.1, 0.15) is 16.7 Å². The molecule has 0 fully saturated rings. The molecule has 0 aliphatic heterocycles. The van der Waals surface area contributed by atoms with Crippen molar-refractivity contribution in [3.63, 3.8) is 0 Å². The summed E-state index contributed by atoms with van der Waals surface area (Å²) in [5.74, 6) is 0. The minimum Gasteiger partial charge on any atom is -0.308 e. The van der Waals surface area contributed by atoms with Gasteiger partial charge in [-0.25, -0.2) is 9.97 Å². The van der Waals surface area contributed by atoms with Gasteiger partial charge in [0, 0.05) is 54.9 Å². The Hall–Kier alpha value is -9.57. The van der Waals surface area contributed by atoms with E-state index >= 15 is 13.2 Å². The van der Waals surface area contributed by atoms with Crippen LogP contribution in [0.15, 0.2) is 212 Å². The number of hydrogen-bond donors (Lipinski definition) is 0. The van der Waals surface area contributed by atoms with Crippen molar-refractivity contribution in [3.05, 3.63) is 229 Å². The average molecular weight is 909 g/mol. The molecule has 8 aromatic carbocycles. The quantitative estimate of drug-likeness (QED) is 0.159. The summed E-state index contributed by atoms with van der Waals surface area (Å²) in [7, 11) is 0. The van der Waals surface area contributed by atoms with E-state index in [0.29, 0.717) is 33.5 Å². The van der Waals surface area contributed by atoms with Gasteiger partial charge < -0.3 is 9.13 Å². The number of rotatable bonds is 7. The van der Waals surface area contributed by atoms with Crippen LogP contribution in [0.5, 0.6) is 0 Å². The third-order valence-corrected chi connectivity index (χ3v) is 13.0. The van der Waals surface area contributed by atoms with Gasteiger partial charge in [0.25, 0.3) is 0 Å². The van der Waals surface area contributed by atoms with Crippen molar-refractivity contribution in [2.45, 2.75) is 6.18 Å². The Morgan fingerprint density at radius 2 is 0.800 bits per heavy atom. The van der Waals surface area contributed by atoms with E-state index in [4.69, 9.17) is 9.97 Å². The first-order valence-corrected chi connectivity index (χ1v) is 22.6. The number of para-hydroxylation sites is 2. The van der Waals surface area contributed by atoms with Crippen molar-refractivity contribution in [2.75, 3.05) is 0 Å². The average Bonchev–Trinajstić information content (AvgIpc) is 3.92. The van der Waals surface area contributed by atoms with Crippen LogP contribution in [0, 0.1) is 22.7 Å². The van der Waals surface area contributed by atoms with E-state index in [2.05, 4.69) is 12.1 Å². The molecular weight excluding hydrogens is 874 g/mol. The standard InChI is InChI=1S/C61H35F3N6/c62-61(63,64)48-21-11-18-43(37-66)59(48)60-57(69-53-26-9-7-19-44(53)46-30-28-41(34-55(46)69)51-24-12-22-49(67-51)39-14-3-1-4-15-39)32-38(36-65)33-58(60)70-54-27-10-8-20-45(54)47-31-29-42(35-56(47)70)52-25-13-23-50(68-52)40-16-5-2-6-17-40/h1-35H. The molecule has 12 rings (SSSR count). The van der Waals surface area contributed by atoms with Crippen LogP contribution in [-0.4, -0.2) is 19.1 Å². The molecule has 9 heteroatoms. The fraction of sp³-hybridized carbons (Fsp3) is 0.0164. The highest BCUT2D eigenvalue weighted by molar-refractivity contribution is 6.13. The van der Waals surface area contributed by atoms with Gasteiger partial charge in [-0.2, -0.15) is 23.7 Å². The minimum absolute atomic E-state index is 0.123. The zero-order chi connectivity index (χ0) is 47.5. The van der Waals surface area contributed by atoms with E-state index in [-0.39, 0.29) is 33.6 Å². The molecule has 6 nitrogen and oxygen atoms in total. The van der Waals surface area contributed by atoms with Crippen LogP contribution in [0.3, 0.4) is 0 Å². The molecule has 0 aliphatic rings. The number of nitrogens with zero attached hydrogens (tertiary/aromatic N) is 6. The molecule has 4 heterocycles. The van der Waals surface area contributed by atoms with Crippen LogP contribution in [0.2, 0.25) is 0 Å². The first-order chi connectivity index (χ1) is 34.3. The largest absolute Gasteiger partial charge is 0.417 e. The van der Waals surface area contributed by atoms with Crippen molar-refractivity contribution < 1.29 is 13.2 Å². The van der Waals surface area contributed by atoms with Gasteiger partial charge in [0.1, 0.15) is 0 Å². The maximum absolute atomic E-state index is 15.8. The van der Waals surface area contributed by atoms with Crippen molar-refractivity contribution >= 4 is 43.6 Å². The lowest BCUT2D eigenvalue weighted by Gasteiger charge is -2.24. The highest BCUT2D eigenvalue weighted by Crippen LogP contribution is 2.48. The summed E-state index contributed by atoms with van der Waals surface area (Å²) in [5.41, 5.74) is 8.62. The molecule has 70 heavy (non-hydrogen) atoms. The highest BCUT2D eigenvalue weighted by atomic mass is 19.4. The predicted molar refractivity (Wildman–Crippen MR) is 272 cm³/mol. The molecule has 0 unspecified atom stereocenters. The molecular formula is C61H35F3N6. The number of aromatic nitrogens is 4. The van der Waals surface area contributed by atoms with Gasteiger partial charge in [0.05, 0.1) is 85.0 Å². The van der Waals surface area contributed by atoms with E-state index in [1.165, 1.54) is 12.1 Å². The Kier molecular flexibility index (Phi) is 9.94. The molecule has 0 N–H and O–H groups in total. The number of alkyl halides is 3. The molecule has 330 valence electrons. The van der Waals surface area contributed by atoms with Gasteiger partial charge >= 0.3 is 6.18 Å². The Morgan fingerprint density at radius 3 is 1.26 bits per heavy atom. The summed E-state index contributed by atoms with van der Waals surface area (Å²) in [5, 5.41) is 25.2. The second-order valence-corrected chi connectivity index (χ2v) is 17.1. The molecule has 0 amide bonds. The van der Waals surface area contributed by atoms with E-state index in [9.17, 15) is 10.5 Å². The molecule has 4 aromatic heterocycles. The first kappa shape index (κ1) is 41.8. The number of nitriles is 2. The highest BCUT2D eigenvalue weighted by Gasteiger charge is 2.37. The van der Waals surface area contributed by atoms with Gasteiger partial charge in [-0.3, -0.25) is 0 Å². The maximum Gasteiger partial charge on any atom is 0.417 e. The number of fused-ring (bicyclic) bond motifs is 6. The van der Waals surface area contributed by atoms with Gasteiger partial charge in [-0.05, 0) is 72.8 Å². The van der Waals surface area contributed by atoms with E-state index in [0.717, 1.165) is 61.3 Å². The summed E-state index contributed by atoms with van der Waals surface area (Å²) in [6.45, 7) is 0. The van der Waals surface area contributed by atoms with Crippen LogP contribution >= 0.6 is 0 Å². The molecule has 0 atom stereocenters. The summed E-state index contributed by atoms with van der Waals surface area (Å²) >= 11 is 0. The zero-order valence-corrected chi connectivity index (χ0v) is 37.0. The normalized spacial score (nSPS) is 11.6. The van der Waals surface area contributed by atoms with Crippen LogP contribution in [0.4, 0.5) is 13.2 Å². The van der Waals surface area contributed by atoms with E-state index in [1.807, 2.05) is 191 Å². The van der Waals surface area contributed by atoms with Crippen molar-refractivity contribution in [1.82, 2.24) is 19.1 Å². The fourth-order valence-corrected chi connectivity index (χ4v) is 9.95. The lowest BCUT2D eigenvalue weighted by Crippen LogP contribution is -2.12. The number of hydrogen-bond acceptors (Lipinski definition) is 4. The molecule has 0 bridgehead atoms. The Morgan fingerprint density at radius 1 is 0.371 bits per heavy atom. The topological polar surface area (TPSA) is 83.2 Å². The number of halogens is 3. The van der Waals surface area contributed by atoms with Crippen LogP contribution in [0.25, 0.3) is 111 Å². The van der Waals surface area contributed by atoms with Crippen molar-refractivity contribution in [2.24, 2.45) is 0 Å². The number of benzene rings is 8. The maximum atomic E-state index is 15.8. The summed E-state index contributed by atoms with van der Waals surface area (Å²) in [6, 6.07) is 70.4. The fourth-order valence-electron chi connectivity index (χ4n) is 9.95. The lowest BCUT2D eigenvalue weighted by atomic mass is 9.90. The summed E-state index contributed by atoms with van der Waals surface area (Å²) in [6.07, 6.45) is -4.88. The third-order valence-electron chi connectivity index (χ3n) is 13.0. The predicted octanol–water partition coefficient (Wildman–Crippen LogP) is 15.8. The SMILES string of the molecule is N#Cc1cc(-n2c3ccccc3c3ccc(-c4cccc(-c5ccccc5)n4)cc32)c(-c2c(C#N)cccc2C(F)(F)F)c(-n2c3ccccc3c3ccc(-c4cccc(-c5ccccc5)n4)cc32)c1. The van der Waals surface area contributed by atoms with Crippen LogP contribution < -0.4 is 0 Å². The van der Waals surface area contributed by atoms with E-state index in [1.54, 1.807) is 12.1 Å². The minimum atomic E-state index is -4.88. The third kappa shape index (κ3) is 6.96. The smallest absolute Gasteiger partial charge is 0.308 e. The molecule has 0 saturated carbocycles. The second-order valence-electron chi connectivity index (χ2n) is 17.1. The lowest BCUT2D eigenvalue weighted by molar-refractivity contribution is -0.137. The van der Waals surface area contributed by atoms with Gasteiger partial charge in [0.2, 0.25) is 0 Å². The van der Waals surface area contributed by atoms with Crippen molar-refractivity contribution in [3.8, 4) is 79.7 Å². The second kappa shape index (κ2) is 16.6. The zero-order valence-electron chi connectivity index (χ0n) is 37.0. The first-order valence-electron chi connectivity index (χ1n) is 22.6. The van der Waals surface area contributed by atoms with Gasteiger partial charge in [0.15, 0.2) is 0 Å². The summed E-state index contributed by atoms with van der Waals surface area (Å²) in [4.78, 5) is 10.1.